The summed E-state index contributed by atoms with van der Waals surface area (Å²) in [5.41, 5.74) is 0.766. The van der Waals surface area contributed by atoms with Crippen LogP contribution in [0.1, 0.15) is 12.1 Å². The van der Waals surface area contributed by atoms with Gasteiger partial charge in [-0.05, 0) is 6.07 Å². The minimum Gasteiger partial charge on any atom is -0.336 e. The fourth-order valence-electron chi connectivity index (χ4n) is 1.98. The smallest absolute Gasteiger partial charge is 0.302 e. The summed E-state index contributed by atoms with van der Waals surface area (Å²) < 4.78 is 33.5. The van der Waals surface area contributed by atoms with Crippen LogP contribution in [0.15, 0.2) is 12.3 Å². The lowest BCUT2D eigenvalue weighted by atomic mass is 10.1. The summed E-state index contributed by atoms with van der Waals surface area (Å²) in [6.07, 6.45) is 1.65. The Balaban J connectivity index is 1.96. The fraction of sp³-hybridized carbons (Fsp3) is 0.556. The number of amides is 1. The zero-order chi connectivity index (χ0) is 12.5. The first-order chi connectivity index (χ1) is 7.94. The molecule has 2 heterocycles. The van der Waals surface area contributed by atoms with Crippen LogP contribution in [0.3, 0.4) is 0 Å². The van der Waals surface area contributed by atoms with E-state index in [-0.39, 0.29) is 18.9 Å². The SMILES string of the molecule is O=C1CC(CS(=O)(=O)F)CN1Cc1ccn[nH]1. The van der Waals surface area contributed by atoms with Crippen molar-refractivity contribution in [2.45, 2.75) is 13.0 Å². The highest BCUT2D eigenvalue weighted by Crippen LogP contribution is 2.21. The quantitative estimate of drug-likeness (QED) is 0.777. The van der Waals surface area contributed by atoms with E-state index in [0.29, 0.717) is 6.54 Å². The number of likely N-dealkylation sites (tertiary alicyclic amines) is 1. The molecule has 1 aliphatic heterocycles. The molecule has 1 fully saturated rings. The molecule has 0 bridgehead atoms. The predicted molar refractivity (Wildman–Crippen MR) is 57.0 cm³/mol. The van der Waals surface area contributed by atoms with Gasteiger partial charge in [-0.15, -0.1) is 3.89 Å². The third-order valence-electron chi connectivity index (χ3n) is 2.65. The molecule has 1 aromatic heterocycles. The molecule has 0 aromatic carbocycles. The van der Waals surface area contributed by atoms with E-state index in [2.05, 4.69) is 10.2 Å². The first-order valence-electron chi connectivity index (χ1n) is 5.12. The van der Waals surface area contributed by atoms with Gasteiger partial charge in [0.2, 0.25) is 5.91 Å². The highest BCUT2D eigenvalue weighted by atomic mass is 32.3. The van der Waals surface area contributed by atoms with E-state index in [0.717, 1.165) is 5.69 Å². The zero-order valence-electron chi connectivity index (χ0n) is 8.97. The third kappa shape index (κ3) is 3.26. The highest BCUT2D eigenvalue weighted by Gasteiger charge is 2.32. The van der Waals surface area contributed by atoms with E-state index in [9.17, 15) is 17.1 Å². The molecule has 1 unspecified atom stereocenters. The third-order valence-corrected chi connectivity index (χ3v) is 3.52. The van der Waals surface area contributed by atoms with Crippen molar-refractivity contribution in [2.24, 2.45) is 5.92 Å². The van der Waals surface area contributed by atoms with Gasteiger partial charge >= 0.3 is 10.2 Å². The molecule has 0 radical (unpaired) electrons. The number of aromatic nitrogens is 2. The number of halogens is 1. The fourth-order valence-corrected chi connectivity index (χ4v) is 2.76. The summed E-state index contributed by atoms with van der Waals surface area (Å²) in [6, 6.07) is 1.73. The van der Waals surface area contributed by atoms with Crippen LogP contribution in [-0.2, 0) is 21.6 Å². The van der Waals surface area contributed by atoms with E-state index >= 15 is 0 Å². The van der Waals surface area contributed by atoms with Gasteiger partial charge in [0.15, 0.2) is 0 Å². The second-order valence-corrected chi connectivity index (χ2v) is 5.54. The Labute approximate surface area is 98.0 Å². The summed E-state index contributed by atoms with van der Waals surface area (Å²) in [5.74, 6) is -1.20. The molecule has 0 spiro atoms. The van der Waals surface area contributed by atoms with Crippen LogP contribution in [0.2, 0.25) is 0 Å². The molecule has 1 aromatic rings. The zero-order valence-corrected chi connectivity index (χ0v) is 9.78. The highest BCUT2D eigenvalue weighted by molar-refractivity contribution is 7.86. The molecule has 6 nitrogen and oxygen atoms in total. The molecular formula is C9H12FN3O3S. The minimum absolute atomic E-state index is 0.0806. The number of aromatic amines is 1. The maximum atomic E-state index is 12.5. The number of nitrogens with one attached hydrogen (secondary N) is 1. The van der Waals surface area contributed by atoms with Crippen molar-refractivity contribution in [3.63, 3.8) is 0 Å². The number of H-pyrrole nitrogens is 1. The Kier molecular flexibility index (Phi) is 3.14. The summed E-state index contributed by atoms with van der Waals surface area (Å²) in [4.78, 5) is 13.1. The molecule has 94 valence electrons. The Morgan fingerprint density at radius 1 is 1.59 bits per heavy atom. The largest absolute Gasteiger partial charge is 0.336 e. The van der Waals surface area contributed by atoms with E-state index in [1.807, 2.05) is 0 Å². The van der Waals surface area contributed by atoms with Gasteiger partial charge in [-0.2, -0.15) is 13.5 Å². The molecule has 0 saturated carbocycles. The average Bonchev–Trinajstić information content (AvgIpc) is 2.75. The van der Waals surface area contributed by atoms with Gasteiger partial charge < -0.3 is 4.90 Å². The van der Waals surface area contributed by atoms with Gasteiger partial charge in [0, 0.05) is 25.1 Å². The van der Waals surface area contributed by atoms with Crippen LogP contribution in [0, 0.1) is 5.92 Å². The number of hydrogen-bond donors (Lipinski definition) is 1. The molecule has 17 heavy (non-hydrogen) atoms. The first-order valence-corrected chi connectivity index (χ1v) is 6.67. The van der Waals surface area contributed by atoms with Crippen molar-refractivity contribution in [3.05, 3.63) is 18.0 Å². The lowest BCUT2D eigenvalue weighted by molar-refractivity contribution is -0.128. The monoisotopic (exact) mass is 261 g/mol. The van der Waals surface area contributed by atoms with Crippen LogP contribution < -0.4 is 0 Å². The van der Waals surface area contributed by atoms with Crippen molar-refractivity contribution in [2.75, 3.05) is 12.3 Å². The average molecular weight is 261 g/mol. The second kappa shape index (κ2) is 4.44. The van der Waals surface area contributed by atoms with E-state index < -0.39 is 21.9 Å². The molecule has 8 heteroatoms. The predicted octanol–water partition coefficient (Wildman–Crippen LogP) is 0.0575. The number of rotatable bonds is 4. The minimum atomic E-state index is -4.52. The van der Waals surface area contributed by atoms with E-state index in [4.69, 9.17) is 0 Å². The molecule has 1 aliphatic rings. The van der Waals surface area contributed by atoms with Gasteiger partial charge in [-0.25, -0.2) is 0 Å². The Hall–Kier alpha value is -1.44. The van der Waals surface area contributed by atoms with Gasteiger partial charge in [-0.3, -0.25) is 9.89 Å². The lowest BCUT2D eigenvalue weighted by Crippen LogP contribution is -2.25. The Morgan fingerprint density at radius 2 is 2.35 bits per heavy atom. The molecule has 1 amide bonds. The molecule has 1 saturated heterocycles. The van der Waals surface area contributed by atoms with Gasteiger partial charge in [-0.1, -0.05) is 0 Å². The summed E-state index contributed by atoms with van der Waals surface area (Å²) in [7, 11) is -4.52. The van der Waals surface area contributed by atoms with Crippen molar-refractivity contribution < 1.29 is 17.1 Å². The van der Waals surface area contributed by atoms with Crippen LogP contribution in [-0.4, -0.2) is 41.7 Å². The van der Waals surface area contributed by atoms with Gasteiger partial charge in [0.25, 0.3) is 0 Å². The van der Waals surface area contributed by atoms with Crippen molar-refractivity contribution in [3.8, 4) is 0 Å². The Morgan fingerprint density at radius 3 is 2.94 bits per heavy atom. The molecule has 1 atom stereocenters. The van der Waals surface area contributed by atoms with Crippen LogP contribution in [0.5, 0.6) is 0 Å². The van der Waals surface area contributed by atoms with Crippen molar-refractivity contribution in [1.82, 2.24) is 15.1 Å². The van der Waals surface area contributed by atoms with Crippen molar-refractivity contribution in [1.29, 1.82) is 0 Å². The normalized spacial score (nSPS) is 21.1. The summed E-state index contributed by atoms with van der Waals surface area (Å²) in [6.45, 7) is 0.614. The number of carbonyl (C=O) groups excluding carboxylic acids is 1. The number of nitrogens with zero attached hydrogens (tertiary/aromatic N) is 2. The number of carbonyl (C=O) groups is 1. The van der Waals surface area contributed by atoms with E-state index in [1.54, 1.807) is 12.3 Å². The van der Waals surface area contributed by atoms with Crippen LogP contribution in [0.4, 0.5) is 3.89 Å². The maximum absolute atomic E-state index is 12.5. The maximum Gasteiger partial charge on any atom is 0.302 e. The summed E-state index contributed by atoms with van der Waals surface area (Å²) >= 11 is 0. The standard InChI is InChI=1S/C9H12FN3O3S/c10-17(15,16)6-7-3-9(14)13(4-7)5-8-1-2-11-12-8/h1-2,7H,3-6H2,(H,11,12). The second-order valence-electron chi connectivity index (χ2n) is 4.13. The molecule has 2 rings (SSSR count). The number of hydrogen-bond acceptors (Lipinski definition) is 4. The van der Waals surface area contributed by atoms with Crippen LogP contribution >= 0.6 is 0 Å². The molecular weight excluding hydrogens is 249 g/mol. The molecule has 1 N–H and O–H groups in total. The van der Waals surface area contributed by atoms with Gasteiger partial charge in [0.05, 0.1) is 18.0 Å². The van der Waals surface area contributed by atoms with Crippen molar-refractivity contribution >= 4 is 16.1 Å². The van der Waals surface area contributed by atoms with Crippen LogP contribution in [0.25, 0.3) is 0 Å². The Bertz CT molecular complexity index is 500. The molecule has 0 aliphatic carbocycles. The van der Waals surface area contributed by atoms with Gasteiger partial charge in [0.1, 0.15) is 0 Å². The topological polar surface area (TPSA) is 83.1 Å². The summed E-state index contributed by atoms with van der Waals surface area (Å²) in [5, 5.41) is 6.46. The van der Waals surface area contributed by atoms with E-state index in [1.165, 1.54) is 4.90 Å². The first kappa shape index (κ1) is 12.0. The lowest BCUT2D eigenvalue weighted by Gasteiger charge is -2.14.